The van der Waals surface area contributed by atoms with E-state index in [4.69, 9.17) is 4.74 Å². The van der Waals surface area contributed by atoms with Crippen molar-refractivity contribution in [2.24, 2.45) is 7.05 Å². The lowest BCUT2D eigenvalue weighted by atomic mass is 10.2. The molecule has 0 saturated heterocycles. The van der Waals surface area contributed by atoms with Crippen molar-refractivity contribution in [1.82, 2.24) is 4.57 Å². The highest BCUT2D eigenvalue weighted by Gasteiger charge is 2.14. The minimum atomic E-state index is -0.988. The van der Waals surface area contributed by atoms with Gasteiger partial charge < -0.3 is 9.30 Å². The number of aryl methyl sites for hydroxylation is 1. The van der Waals surface area contributed by atoms with E-state index in [1.165, 1.54) is 12.1 Å². The number of aromatic nitrogens is 1. The first-order valence-corrected chi connectivity index (χ1v) is 5.73. The Balaban J connectivity index is 2.09. The molecule has 0 aliphatic carbocycles. The minimum Gasteiger partial charge on any atom is -0.456 e. The standard InChI is InChI=1S/C14H13F2NO2/c1-9-6-7-12(17(9)2)14(18)19-8-10-4-3-5-11(15)13(10)16/h3-7H,8H2,1-2H3. The first-order chi connectivity index (χ1) is 9.00. The first-order valence-electron chi connectivity index (χ1n) is 5.73. The van der Waals surface area contributed by atoms with Gasteiger partial charge in [-0.25, -0.2) is 13.6 Å². The number of nitrogens with zero attached hydrogens (tertiary/aromatic N) is 1. The third-order valence-electron chi connectivity index (χ3n) is 2.97. The van der Waals surface area contributed by atoms with Crippen LogP contribution in [-0.2, 0) is 18.4 Å². The lowest BCUT2D eigenvalue weighted by molar-refractivity contribution is 0.0456. The summed E-state index contributed by atoms with van der Waals surface area (Å²) >= 11 is 0. The number of carbonyl (C=O) groups excluding carboxylic acids is 1. The maximum Gasteiger partial charge on any atom is 0.355 e. The maximum atomic E-state index is 13.4. The van der Waals surface area contributed by atoms with Crippen LogP contribution in [0.15, 0.2) is 30.3 Å². The fraction of sp³-hybridized carbons (Fsp3) is 0.214. The van der Waals surface area contributed by atoms with Crippen LogP contribution >= 0.6 is 0 Å². The van der Waals surface area contributed by atoms with Crippen LogP contribution in [0.25, 0.3) is 0 Å². The highest BCUT2D eigenvalue weighted by molar-refractivity contribution is 5.87. The van der Waals surface area contributed by atoms with Gasteiger partial charge in [0.25, 0.3) is 0 Å². The second kappa shape index (κ2) is 5.22. The number of hydrogen-bond donors (Lipinski definition) is 0. The molecule has 0 bridgehead atoms. The molecule has 0 aliphatic rings. The van der Waals surface area contributed by atoms with Crippen molar-refractivity contribution < 1.29 is 18.3 Å². The Morgan fingerprint density at radius 1 is 1.26 bits per heavy atom. The number of carbonyl (C=O) groups is 1. The van der Waals surface area contributed by atoms with E-state index in [-0.39, 0.29) is 12.2 Å². The second-order valence-corrected chi connectivity index (χ2v) is 4.21. The van der Waals surface area contributed by atoms with Gasteiger partial charge in [0.15, 0.2) is 11.6 Å². The number of halogens is 2. The van der Waals surface area contributed by atoms with Crippen molar-refractivity contribution in [2.45, 2.75) is 13.5 Å². The van der Waals surface area contributed by atoms with E-state index < -0.39 is 17.6 Å². The van der Waals surface area contributed by atoms with Gasteiger partial charge in [0.1, 0.15) is 12.3 Å². The van der Waals surface area contributed by atoms with Crippen molar-refractivity contribution in [1.29, 1.82) is 0 Å². The van der Waals surface area contributed by atoms with Crippen molar-refractivity contribution in [3.05, 3.63) is 58.9 Å². The quantitative estimate of drug-likeness (QED) is 0.799. The fourth-order valence-electron chi connectivity index (χ4n) is 1.70. The van der Waals surface area contributed by atoms with Gasteiger partial charge in [0.2, 0.25) is 0 Å². The third-order valence-corrected chi connectivity index (χ3v) is 2.97. The molecule has 1 heterocycles. The Kier molecular flexibility index (Phi) is 3.64. The summed E-state index contributed by atoms with van der Waals surface area (Å²) in [4.78, 5) is 11.8. The average molecular weight is 265 g/mol. The van der Waals surface area contributed by atoms with Gasteiger partial charge in [-0.3, -0.25) is 0 Å². The summed E-state index contributed by atoms with van der Waals surface area (Å²) in [5.41, 5.74) is 1.29. The first kappa shape index (κ1) is 13.3. The van der Waals surface area contributed by atoms with Gasteiger partial charge in [-0.05, 0) is 25.1 Å². The Hall–Kier alpha value is -2.17. The molecule has 0 unspecified atom stereocenters. The molecule has 1 aromatic heterocycles. The molecular weight excluding hydrogens is 252 g/mol. The van der Waals surface area contributed by atoms with Crippen LogP contribution in [0.5, 0.6) is 0 Å². The lowest BCUT2D eigenvalue weighted by Gasteiger charge is -2.07. The Morgan fingerprint density at radius 2 is 2.00 bits per heavy atom. The van der Waals surface area contributed by atoms with Crippen LogP contribution < -0.4 is 0 Å². The molecule has 5 heteroatoms. The molecule has 3 nitrogen and oxygen atoms in total. The predicted octanol–water partition coefficient (Wildman–Crippen LogP) is 2.97. The van der Waals surface area contributed by atoms with Gasteiger partial charge in [0, 0.05) is 18.3 Å². The van der Waals surface area contributed by atoms with Crippen molar-refractivity contribution in [3.63, 3.8) is 0 Å². The molecule has 2 rings (SSSR count). The summed E-state index contributed by atoms with van der Waals surface area (Å²) in [6.45, 7) is 1.55. The van der Waals surface area contributed by atoms with E-state index in [1.807, 2.05) is 6.92 Å². The van der Waals surface area contributed by atoms with Crippen molar-refractivity contribution in [2.75, 3.05) is 0 Å². The second-order valence-electron chi connectivity index (χ2n) is 4.21. The molecule has 0 spiro atoms. The summed E-state index contributed by atoms with van der Waals surface area (Å²) in [6, 6.07) is 7.16. The van der Waals surface area contributed by atoms with Gasteiger partial charge in [0.05, 0.1) is 0 Å². The number of esters is 1. The number of hydrogen-bond acceptors (Lipinski definition) is 2. The molecule has 0 amide bonds. The summed E-state index contributed by atoms with van der Waals surface area (Å²) in [7, 11) is 1.73. The highest BCUT2D eigenvalue weighted by Crippen LogP contribution is 2.14. The molecule has 0 radical (unpaired) electrons. The molecular formula is C14H13F2NO2. The van der Waals surface area contributed by atoms with Crippen LogP contribution in [0.4, 0.5) is 8.78 Å². The average Bonchev–Trinajstić information content (AvgIpc) is 2.72. The smallest absolute Gasteiger partial charge is 0.355 e. The van der Waals surface area contributed by atoms with Crippen LogP contribution in [-0.4, -0.2) is 10.5 Å². The van der Waals surface area contributed by atoms with E-state index >= 15 is 0 Å². The molecule has 0 saturated carbocycles. The Morgan fingerprint density at radius 3 is 2.63 bits per heavy atom. The number of ether oxygens (including phenoxy) is 1. The van der Waals surface area contributed by atoms with E-state index in [9.17, 15) is 13.6 Å². The van der Waals surface area contributed by atoms with Crippen LogP contribution in [0.2, 0.25) is 0 Å². The summed E-state index contributed by atoms with van der Waals surface area (Å²) in [5.74, 6) is -2.51. The molecule has 0 fully saturated rings. The largest absolute Gasteiger partial charge is 0.456 e. The monoisotopic (exact) mass is 265 g/mol. The van der Waals surface area contributed by atoms with E-state index in [2.05, 4.69) is 0 Å². The predicted molar refractivity (Wildman–Crippen MR) is 65.6 cm³/mol. The topological polar surface area (TPSA) is 31.2 Å². The van der Waals surface area contributed by atoms with E-state index in [0.29, 0.717) is 5.69 Å². The van der Waals surface area contributed by atoms with E-state index in [1.54, 1.807) is 23.7 Å². The molecule has 1 aromatic carbocycles. The molecule has 2 aromatic rings. The van der Waals surface area contributed by atoms with Gasteiger partial charge in [-0.2, -0.15) is 0 Å². The third kappa shape index (κ3) is 2.65. The van der Waals surface area contributed by atoms with Crippen molar-refractivity contribution in [3.8, 4) is 0 Å². The van der Waals surface area contributed by atoms with Gasteiger partial charge >= 0.3 is 5.97 Å². The summed E-state index contributed by atoms with van der Waals surface area (Å²) in [6.07, 6.45) is 0. The molecule has 0 aliphatic heterocycles. The summed E-state index contributed by atoms with van der Waals surface area (Å²) < 4.78 is 33.0. The Bertz CT molecular complexity index is 620. The lowest BCUT2D eigenvalue weighted by Crippen LogP contribution is -2.11. The highest BCUT2D eigenvalue weighted by atomic mass is 19.2. The van der Waals surface area contributed by atoms with Gasteiger partial charge in [-0.15, -0.1) is 0 Å². The molecule has 19 heavy (non-hydrogen) atoms. The SMILES string of the molecule is Cc1ccc(C(=O)OCc2cccc(F)c2F)n1C. The van der Waals surface area contributed by atoms with Gasteiger partial charge in [-0.1, -0.05) is 12.1 Å². The summed E-state index contributed by atoms with van der Waals surface area (Å²) in [5, 5.41) is 0. The zero-order valence-electron chi connectivity index (χ0n) is 10.6. The Labute approximate surface area is 109 Å². The molecule has 100 valence electrons. The zero-order valence-corrected chi connectivity index (χ0v) is 10.6. The minimum absolute atomic E-state index is 0.0132. The number of rotatable bonds is 3. The number of benzene rings is 1. The van der Waals surface area contributed by atoms with Crippen LogP contribution in [0.1, 0.15) is 21.7 Å². The van der Waals surface area contributed by atoms with E-state index in [0.717, 1.165) is 11.8 Å². The van der Waals surface area contributed by atoms with Crippen molar-refractivity contribution >= 4 is 5.97 Å². The molecule has 0 atom stereocenters. The van der Waals surface area contributed by atoms with Crippen LogP contribution in [0, 0.1) is 18.6 Å². The zero-order chi connectivity index (χ0) is 14.0. The van der Waals surface area contributed by atoms with Crippen LogP contribution in [0.3, 0.4) is 0 Å². The molecule has 0 N–H and O–H groups in total. The fourth-order valence-corrected chi connectivity index (χ4v) is 1.70. The maximum absolute atomic E-state index is 13.4. The normalized spacial score (nSPS) is 10.5.